The first-order valence-electron chi connectivity index (χ1n) is 14.2. The molecule has 2 aliphatic heterocycles. The van der Waals surface area contributed by atoms with Crippen LogP contribution in [0.4, 0.5) is 20.5 Å². The van der Waals surface area contributed by atoms with Crippen LogP contribution < -0.4 is 10.2 Å². The highest BCUT2D eigenvalue weighted by Crippen LogP contribution is 2.31. The van der Waals surface area contributed by atoms with Crippen LogP contribution in [0.3, 0.4) is 0 Å². The van der Waals surface area contributed by atoms with Gasteiger partial charge in [-0.1, -0.05) is 12.1 Å². The molecular weight excluding hydrogens is 502 g/mol. The largest absolute Gasteiger partial charge is 0.378 e. The van der Waals surface area contributed by atoms with Crippen molar-refractivity contribution in [2.45, 2.75) is 38.2 Å². The molecule has 3 aliphatic rings. The monoisotopic (exact) mass is 540 g/mol. The molecule has 0 bridgehead atoms. The number of anilines is 2. The van der Waals surface area contributed by atoms with Gasteiger partial charge in [0.1, 0.15) is 11.6 Å². The highest BCUT2D eigenvalue weighted by molar-refractivity contribution is 5.78. The number of aromatic nitrogens is 4. The number of piperazine rings is 1. The van der Waals surface area contributed by atoms with Gasteiger partial charge in [0.25, 0.3) is 6.43 Å². The molecule has 210 valence electrons. The Hall–Kier alpha value is -2.89. The first-order valence-corrected chi connectivity index (χ1v) is 14.2. The number of likely N-dealkylation sites (N-methyl/N-ethyl adjacent to an activating group) is 1. The smallest absolute Gasteiger partial charge is 0.296 e. The number of hydrogen-bond acceptors (Lipinski definition) is 8. The second-order valence-corrected chi connectivity index (χ2v) is 11.0. The minimum Gasteiger partial charge on any atom is -0.378 e. The van der Waals surface area contributed by atoms with Crippen molar-refractivity contribution in [2.75, 3.05) is 76.3 Å². The van der Waals surface area contributed by atoms with Gasteiger partial charge in [-0.15, -0.1) is 0 Å². The maximum absolute atomic E-state index is 14.1. The van der Waals surface area contributed by atoms with E-state index in [-0.39, 0.29) is 5.82 Å². The quantitative estimate of drug-likeness (QED) is 0.485. The number of morpholine rings is 1. The zero-order chi connectivity index (χ0) is 26.8. The van der Waals surface area contributed by atoms with Gasteiger partial charge in [-0.05, 0) is 50.8 Å². The molecule has 3 fully saturated rings. The molecule has 9 nitrogen and oxygen atoms in total. The number of nitrogens with one attached hydrogen (secondary N) is 1. The lowest BCUT2D eigenvalue weighted by atomic mass is 9.85. The number of imidazole rings is 1. The number of benzene rings is 1. The molecule has 0 amide bonds. The molecule has 1 aliphatic carbocycles. The summed E-state index contributed by atoms with van der Waals surface area (Å²) >= 11 is 0. The fourth-order valence-electron chi connectivity index (χ4n) is 6.14. The molecule has 0 atom stereocenters. The molecule has 2 aromatic heterocycles. The van der Waals surface area contributed by atoms with Crippen LogP contribution in [-0.4, -0.2) is 101 Å². The standard InChI is InChI=1S/C28H38F2N8O/c1-35-10-12-36(13-11-35)21-8-6-20(7-9-21)19-31-28-33-24(37-14-16-39-17-15-37)18-25(34-28)38-23-5-3-2-4-22(23)32-27(38)26(29)30/h2-5,18,20-21,26H,6-17,19H2,1H3,(H,31,33,34)/t20-,21-. The molecule has 2 saturated heterocycles. The fraction of sp³-hybridized carbons (Fsp3) is 0.607. The van der Waals surface area contributed by atoms with Crippen molar-refractivity contribution in [3.05, 3.63) is 36.2 Å². The minimum atomic E-state index is -2.73. The zero-order valence-corrected chi connectivity index (χ0v) is 22.6. The maximum Gasteiger partial charge on any atom is 0.296 e. The normalized spacial score (nSPS) is 23.5. The van der Waals surface area contributed by atoms with Crippen molar-refractivity contribution in [1.29, 1.82) is 0 Å². The predicted molar refractivity (Wildman–Crippen MR) is 148 cm³/mol. The number of ether oxygens (including phenoxy) is 1. The molecule has 4 heterocycles. The molecule has 1 N–H and O–H groups in total. The van der Waals surface area contributed by atoms with Gasteiger partial charge in [-0.25, -0.2) is 13.8 Å². The lowest BCUT2D eigenvalue weighted by Crippen LogP contribution is -2.50. The Labute approximate surface area is 228 Å². The summed E-state index contributed by atoms with van der Waals surface area (Å²) in [4.78, 5) is 21.0. The molecule has 0 radical (unpaired) electrons. The van der Waals surface area contributed by atoms with Gasteiger partial charge in [-0.3, -0.25) is 9.47 Å². The number of rotatable bonds is 7. The van der Waals surface area contributed by atoms with E-state index in [4.69, 9.17) is 14.7 Å². The number of nitrogens with zero attached hydrogens (tertiary/aromatic N) is 7. The van der Waals surface area contributed by atoms with Gasteiger partial charge < -0.3 is 19.9 Å². The van der Waals surface area contributed by atoms with Crippen LogP contribution in [0.5, 0.6) is 0 Å². The van der Waals surface area contributed by atoms with E-state index in [2.05, 4.69) is 32.0 Å². The van der Waals surface area contributed by atoms with Crippen molar-refractivity contribution in [3.63, 3.8) is 0 Å². The number of halogens is 2. The summed E-state index contributed by atoms with van der Waals surface area (Å²) in [5.74, 6) is 1.81. The molecule has 1 aromatic carbocycles. The third-order valence-corrected chi connectivity index (χ3v) is 8.46. The Balaban J connectivity index is 1.21. The fourth-order valence-corrected chi connectivity index (χ4v) is 6.14. The summed E-state index contributed by atoms with van der Waals surface area (Å²) in [6.45, 7) is 8.01. The maximum atomic E-state index is 14.1. The van der Waals surface area contributed by atoms with Crippen molar-refractivity contribution < 1.29 is 13.5 Å². The first-order chi connectivity index (χ1) is 19.0. The van der Waals surface area contributed by atoms with Gasteiger partial charge in [0.2, 0.25) is 5.95 Å². The SMILES string of the molecule is CN1CCN([C@H]2CC[C@H](CNc3nc(N4CCOCC4)cc(-n4c(C(F)F)nc5ccccc54)n3)CC2)CC1. The summed E-state index contributed by atoms with van der Waals surface area (Å²) in [5.41, 5.74) is 1.12. The van der Waals surface area contributed by atoms with Crippen LogP contribution in [0.25, 0.3) is 16.9 Å². The van der Waals surface area contributed by atoms with E-state index in [1.807, 2.05) is 6.07 Å². The Morgan fingerprint density at radius 1 is 0.923 bits per heavy atom. The van der Waals surface area contributed by atoms with E-state index in [1.54, 1.807) is 24.3 Å². The third-order valence-electron chi connectivity index (χ3n) is 8.46. The first kappa shape index (κ1) is 26.3. The van der Waals surface area contributed by atoms with Crippen LogP contribution in [-0.2, 0) is 4.74 Å². The topological polar surface area (TPSA) is 74.6 Å². The molecule has 39 heavy (non-hydrogen) atoms. The Morgan fingerprint density at radius 2 is 1.64 bits per heavy atom. The molecule has 6 rings (SSSR count). The zero-order valence-electron chi connectivity index (χ0n) is 22.6. The Bertz CT molecular complexity index is 1250. The summed E-state index contributed by atoms with van der Waals surface area (Å²) in [7, 11) is 2.20. The molecule has 3 aromatic rings. The average molecular weight is 541 g/mol. The molecule has 11 heteroatoms. The summed E-state index contributed by atoms with van der Waals surface area (Å²) in [6, 6.07) is 9.66. The van der Waals surface area contributed by atoms with Crippen molar-refractivity contribution in [2.24, 2.45) is 5.92 Å². The van der Waals surface area contributed by atoms with E-state index in [9.17, 15) is 8.78 Å². The number of fused-ring (bicyclic) bond motifs is 1. The lowest BCUT2D eigenvalue weighted by molar-refractivity contribution is 0.0825. The van der Waals surface area contributed by atoms with E-state index in [1.165, 1.54) is 43.3 Å². The van der Waals surface area contributed by atoms with Crippen LogP contribution in [0.2, 0.25) is 0 Å². The molecule has 1 saturated carbocycles. The van der Waals surface area contributed by atoms with E-state index in [0.717, 1.165) is 19.6 Å². The second-order valence-electron chi connectivity index (χ2n) is 11.0. The molecular formula is C28H38F2N8O. The highest BCUT2D eigenvalue weighted by atomic mass is 19.3. The summed E-state index contributed by atoms with van der Waals surface area (Å²) in [5, 5.41) is 3.47. The molecule has 0 unspecified atom stereocenters. The Morgan fingerprint density at radius 3 is 2.38 bits per heavy atom. The van der Waals surface area contributed by atoms with Crippen molar-refractivity contribution in [3.8, 4) is 5.82 Å². The van der Waals surface area contributed by atoms with Crippen LogP contribution >= 0.6 is 0 Å². The van der Waals surface area contributed by atoms with Crippen LogP contribution in [0.1, 0.15) is 37.9 Å². The van der Waals surface area contributed by atoms with Gasteiger partial charge in [0, 0.05) is 57.9 Å². The van der Waals surface area contributed by atoms with Crippen LogP contribution in [0.15, 0.2) is 30.3 Å². The number of hydrogen-bond donors (Lipinski definition) is 1. The summed E-state index contributed by atoms with van der Waals surface area (Å²) in [6.07, 6.45) is 2.04. The van der Waals surface area contributed by atoms with E-state index >= 15 is 0 Å². The van der Waals surface area contributed by atoms with E-state index < -0.39 is 6.43 Å². The summed E-state index contributed by atoms with van der Waals surface area (Å²) < 4.78 is 35.2. The Kier molecular flexibility index (Phi) is 7.90. The molecule has 0 spiro atoms. The predicted octanol–water partition coefficient (Wildman–Crippen LogP) is 3.81. The van der Waals surface area contributed by atoms with Crippen molar-refractivity contribution >= 4 is 22.8 Å². The van der Waals surface area contributed by atoms with Gasteiger partial charge in [-0.2, -0.15) is 9.97 Å². The average Bonchev–Trinajstić information content (AvgIpc) is 3.37. The second kappa shape index (κ2) is 11.7. The van der Waals surface area contributed by atoms with Gasteiger partial charge >= 0.3 is 0 Å². The van der Waals surface area contributed by atoms with Gasteiger partial charge in [0.15, 0.2) is 5.82 Å². The number of para-hydroxylation sites is 2. The van der Waals surface area contributed by atoms with Crippen LogP contribution in [0, 0.1) is 5.92 Å². The third kappa shape index (κ3) is 5.85. The van der Waals surface area contributed by atoms with Crippen molar-refractivity contribution in [1.82, 2.24) is 29.3 Å². The lowest BCUT2D eigenvalue weighted by Gasteiger charge is -2.41. The highest BCUT2D eigenvalue weighted by Gasteiger charge is 2.28. The number of alkyl halides is 2. The van der Waals surface area contributed by atoms with E-state index in [0.29, 0.717) is 66.9 Å². The minimum absolute atomic E-state index is 0.309. The van der Waals surface area contributed by atoms with Gasteiger partial charge in [0.05, 0.1) is 24.2 Å².